The fourth-order valence-electron chi connectivity index (χ4n) is 2.25. The van der Waals surface area contributed by atoms with Crippen LogP contribution in [-0.2, 0) is 0 Å². The lowest BCUT2D eigenvalue weighted by molar-refractivity contribution is -0.127. The fraction of sp³-hybridized carbons (Fsp3) is 1.00. The van der Waals surface area contributed by atoms with Crippen molar-refractivity contribution in [1.29, 1.82) is 0 Å². The molecule has 1 aliphatic heterocycles. The molecule has 17 heavy (non-hydrogen) atoms. The molecule has 0 aromatic rings. The molecule has 0 aromatic carbocycles. The number of piperidine rings is 1. The van der Waals surface area contributed by atoms with Gasteiger partial charge in [0.2, 0.25) is 0 Å². The van der Waals surface area contributed by atoms with Crippen LogP contribution in [0, 0.1) is 5.92 Å². The number of likely N-dealkylation sites (N-methyl/N-ethyl adjacent to an activating group) is 1. The Morgan fingerprint density at radius 1 is 1.41 bits per heavy atom. The van der Waals surface area contributed by atoms with E-state index in [9.17, 15) is 18.3 Å². The van der Waals surface area contributed by atoms with Crippen LogP contribution in [0.2, 0.25) is 0 Å². The zero-order valence-electron chi connectivity index (χ0n) is 10.3. The highest BCUT2D eigenvalue weighted by Crippen LogP contribution is 2.21. The van der Waals surface area contributed by atoms with Crippen molar-refractivity contribution in [3.8, 4) is 0 Å². The van der Waals surface area contributed by atoms with Crippen molar-refractivity contribution in [3.63, 3.8) is 0 Å². The molecule has 0 bridgehead atoms. The van der Waals surface area contributed by atoms with Crippen LogP contribution < -0.4 is 5.32 Å². The topological polar surface area (TPSA) is 35.5 Å². The Morgan fingerprint density at radius 3 is 2.53 bits per heavy atom. The molecular weight excluding hydrogens is 233 g/mol. The van der Waals surface area contributed by atoms with Gasteiger partial charge in [-0.1, -0.05) is 6.92 Å². The largest absolute Gasteiger partial charge is 0.401 e. The third-order valence-corrected chi connectivity index (χ3v) is 3.28. The second-order valence-corrected chi connectivity index (χ2v) is 4.78. The van der Waals surface area contributed by atoms with Gasteiger partial charge in [-0.05, 0) is 25.8 Å². The Bertz CT molecular complexity index is 233. The van der Waals surface area contributed by atoms with Crippen molar-refractivity contribution in [3.05, 3.63) is 0 Å². The first kappa shape index (κ1) is 14.7. The van der Waals surface area contributed by atoms with Crippen molar-refractivity contribution in [2.75, 3.05) is 26.2 Å². The highest BCUT2D eigenvalue weighted by atomic mass is 19.4. The first-order chi connectivity index (χ1) is 7.81. The Kier molecular flexibility index (Phi) is 5.22. The van der Waals surface area contributed by atoms with E-state index in [4.69, 9.17) is 0 Å². The van der Waals surface area contributed by atoms with Crippen LogP contribution in [0.5, 0.6) is 0 Å². The van der Waals surface area contributed by atoms with Crippen LogP contribution in [0.25, 0.3) is 0 Å². The van der Waals surface area contributed by atoms with Gasteiger partial charge in [0, 0.05) is 19.1 Å². The number of likely N-dealkylation sites (tertiary alicyclic amines) is 1. The monoisotopic (exact) mass is 254 g/mol. The average molecular weight is 254 g/mol. The maximum absolute atomic E-state index is 12.1. The van der Waals surface area contributed by atoms with E-state index >= 15 is 0 Å². The third kappa shape index (κ3) is 5.23. The molecule has 1 rings (SSSR count). The fourth-order valence-corrected chi connectivity index (χ4v) is 2.25. The molecule has 1 fully saturated rings. The van der Waals surface area contributed by atoms with Gasteiger partial charge in [0.05, 0.1) is 12.6 Å². The van der Waals surface area contributed by atoms with Crippen molar-refractivity contribution in [2.24, 2.45) is 5.92 Å². The number of aliphatic hydroxyl groups excluding tert-OH is 1. The van der Waals surface area contributed by atoms with Gasteiger partial charge in [0.15, 0.2) is 0 Å². The zero-order chi connectivity index (χ0) is 13.1. The van der Waals surface area contributed by atoms with Crippen LogP contribution in [0.15, 0.2) is 0 Å². The van der Waals surface area contributed by atoms with Gasteiger partial charge in [-0.3, -0.25) is 0 Å². The quantitative estimate of drug-likeness (QED) is 0.792. The molecule has 1 heterocycles. The number of halogens is 3. The minimum absolute atomic E-state index is 0.0504. The van der Waals surface area contributed by atoms with Crippen molar-refractivity contribution >= 4 is 0 Å². The molecule has 0 saturated carbocycles. The van der Waals surface area contributed by atoms with Gasteiger partial charge in [0.1, 0.15) is 0 Å². The van der Waals surface area contributed by atoms with Gasteiger partial charge in [0.25, 0.3) is 0 Å². The average Bonchev–Trinajstić information content (AvgIpc) is 2.25. The number of nitrogens with zero attached hydrogens (tertiary/aromatic N) is 1. The van der Waals surface area contributed by atoms with Crippen LogP contribution in [0.1, 0.15) is 20.3 Å². The van der Waals surface area contributed by atoms with Gasteiger partial charge in [-0.25, -0.2) is 0 Å². The molecule has 1 aliphatic rings. The molecule has 3 unspecified atom stereocenters. The summed E-state index contributed by atoms with van der Waals surface area (Å²) in [5.41, 5.74) is 0. The molecule has 2 N–H and O–H groups in total. The molecule has 0 amide bonds. The van der Waals surface area contributed by atoms with E-state index in [1.165, 1.54) is 0 Å². The molecule has 0 aromatic heterocycles. The van der Waals surface area contributed by atoms with Crippen LogP contribution >= 0.6 is 0 Å². The highest BCUT2D eigenvalue weighted by Gasteiger charge is 2.32. The smallest absolute Gasteiger partial charge is 0.393 e. The molecule has 3 nitrogen and oxygen atoms in total. The van der Waals surface area contributed by atoms with Gasteiger partial charge >= 0.3 is 6.18 Å². The Balaban J connectivity index is 2.48. The summed E-state index contributed by atoms with van der Waals surface area (Å²) in [5, 5.41) is 12.1. The van der Waals surface area contributed by atoms with E-state index in [0.717, 1.165) is 13.1 Å². The van der Waals surface area contributed by atoms with Crippen LogP contribution in [0.3, 0.4) is 0 Å². The molecule has 0 spiro atoms. The molecule has 0 aliphatic carbocycles. The summed E-state index contributed by atoms with van der Waals surface area (Å²) < 4.78 is 36.4. The molecule has 0 radical (unpaired) electrons. The first-order valence-electron chi connectivity index (χ1n) is 6.02. The van der Waals surface area contributed by atoms with Crippen molar-refractivity contribution in [2.45, 2.75) is 38.6 Å². The van der Waals surface area contributed by atoms with E-state index in [2.05, 4.69) is 10.2 Å². The lowest BCUT2D eigenvalue weighted by atomic mass is 9.90. The maximum atomic E-state index is 12.1. The van der Waals surface area contributed by atoms with Crippen LogP contribution in [-0.4, -0.2) is 54.5 Å². The van der Waals surface area contributed by atoms with Gasteiger partial charge in [-0.15, -0.1) is 0 Å². The number of rotatable bonds is 4. The van der Waals surface area contributed by atoms with Crippen LogP contribution in [0.4, 0.5) is 13.2 Å². The molecular formula is C11H21F3N2O. The number of hydrogen-bond acceptors (Lipinski definition) is 3. The first-order valence-corrected chi connectivity index (χ1v) is 6.02. The summed E-state index contributed by atoms with van der Waals surface area (Å²) in [6, 6.07) is -0.190. The predicted octanol–water partition coefficient (Wildman–Crippen LogP) is 1.23. The van der Waals surface area contributed by atoms with Gasteiger partial charge < -0.3 is 15.3 Å². The summed E-state index contributed by atoms with van der Waals surface area (Å²) in [6.07, 6.45) is -4.04. The Hall–Kier alpha value is -0.330. The number of aliphatic hydroxyl groups is 1. The van der Waals surface area contributed by atoms with Crippen molar-refractivity contribution < 1.29 is 18.3 Å². The minimum Gasteiger partial charge on any atom is -0.393 e. The third-order valence-electron chi connectivity index (χ3n) is 3.28. The zero-order valence-corrected chi connectivity index (χ0v) is 10.3. The predicted molar refractivity (Wildman–Crippen MR) is 59.7 cm³/mol. The summed E-state index contributed by atoms with van der Waals surface area (Å²) >= 11 is 0. The number of alkyl halides is 3. The number of hydrogen-bond donors (Lipinski definition) is 2. The molecule has 6 heteroatoms. The lowest BCUT2D eigenvalue weighted by Gasteiger charge is -2.39. The second-order valence-electron chi connectivity index (χ2n) is 4.78. The van der Waals surface area contributed by atoms with E-state index < -0.39 is 18.8 Å². The lowest BCUT2D eigenvalue weighted by Crippen LogP contribution is -2.52. The standard InChI is InChI=1S/C11H21F3N2O/c1-3-16-5-9(8(2)17)4-10(6-16)15-7-11(12,13)14/h8-10,15,17H,3-7H2,1-2H3. The van der Waals surface area contributed by atoms with Crippen molar-refractivity contribution in [1.82, 2.24) is 10.2 Å². The summed E-state index contributed by atoms with van der Waals surface area (Å²) in [7, 11) is 0. The summed E-state index contributed by atoms with van der Waals surface area (Å²) in [4.78, 5) is 2.08. The Labute approximate surface area is 100.0 Å². The summed E-state index contributed by atoms with van der Waals surface area (Å²) in [6.45, 7) is 4.90. The second kappa shape index (κ2) is 6.02. The van der Waals surface area contributed by atoms with E-state index in [1.807, 2.05) is 6.92 Å². The highest BCUT2D eigenvalue weighted by molar-refractivity contribution is 4.85. The number of nitrogens with one attached hydrogen (secondary N) is 1. The maximum Gasteiger partial charge on any atom is 0.401 e. The Morgan fingerprint density at radius 2 is 2.06 bits per heavy atom. The van der Waals surface area contributed by atoms with Gasteiger partial charge in [-0.2, -0.15) is 13.2 Å². The molecule has 1 saturated heterocycles. The molecule has 102 valence electrons. The normalized spacial score (nSPS) is 29.3. The minimum atomic E-state index is -4.17. The van der Waals surface area contributed by atoms with E-state index in [1.54, 1.807) is 6.92 Å². The van der Waals surface area contributed by atoms with E-state index in [0.29, 0.717) is 13.0 Å². The molecule has 3 atom stereocenters. The van der Waals surface area contributed by atoms with E-state index in [-0.39, 0.29) is 12.0 Å². The SMILES string of the molecule is CCN1CC(NCC(F)(F)F)CC(C(C)O)C1. The summed E-state index contributed by atoms with van der Waals surface area (Å²) in [5.74, 6) is 0.0504.